The van der Waals surface area contributed by atoms with Crippen LogP contribution in [0.2, 0.25) is 0 Å². The quantitative estimate of drug-likeness (QED) is 0.294. The summed E-state index contributed by atoms with van der Waals surface area (Å²) in [6.07, 6.45) is -0.663. The van der Waals surface area contributed by atoms with E-state index in [0.29, 0.717) is 0 Å². The van der Waals surface area contributed by atoms with Crippen molar-refractivity contribution < 1.29 is 23.8 Å². The fourth-order valence-electron chi connectivity index (χ4n) is 1.23. The minimum atomic E-state index is -1.95. The number of Topliss-reactive ketones (excluding diaryl/α,β-unsaturated/α-hetero) is 1. The summed E-state index contributed by atoms with van der Waals surface area (Å²) in [6, 6.07) is 0. The highest BCUT2D eigenvalue weighted by Gasteiger charge is 2.49. The summed E-state index contributed by atoms with van der Waals surface area (Å²) >= 11 is 0. The van der Waals surface area contributed by atoms with Crippen molar-refractivity contribution >= 4 is 29.1 Å². The Morgan fingerprint density at radius 1 is 1.00 bits per heavy atom. The van der Waals surface area contributed by atoms with Crippen LogP contribution in [0, 0.1) is 0 Å². The van der Waals surface area contributed by atoms with Crippen LogP contribution in [0.5, 0.6) is 0 Å². The van der Waals surface area contributed by atoms with Gasteiger partial charge < -0.3 is 14.2 Å². The van der Waals surface area contributed by atoms with Gasteiger partial charge in [-0.15, -0.1) is 0 Å². The van der Waals surface area contributed by atoms with Crippen LogP contribution in [-0.4, -0.2) is 54.2 Å². The van der Waals surface area contributed by atoms with Gasteiger partial charge in [-0.2, -0.15) is 0 Å². The van der Waals surface area contributed by atoms with E-state index in [9.17, 15) is 9.59 Å². The molecule has 5 nitrogen and oxygen atoms in total. The number of methoxy groups -OCH3 is 1. The predicted octanol–water partition coefficient (Wildman–Crippen LogP) is 0.111. The van der Waals surface area contributed by atoms with Crippen LogP contribution in [0.3, 0.4) is 0 Å². The van der Waals surface area contributed by atoms with Crippen LogP contribution >= 0.6 is 0 Å². The van der Waals surface area contributed by atoms with E-state index in [1.807, 2.05) is 0 Å². The van der Waals surface area contributed by atoms with Gasteiger partial charge in [-0.1, -0.05) is 0 Å². The average Bonchev–Trinajstić information content (AvgIpc) is 2.13. The molecule has 0 unspecified atom stereocenters. The van der Waals surface area contributed by atoms with E-state index in [2.05, 4.69) is 4.74 Å². The first-order valence-electron chi connectivity index (χ1n) is 5.21. The lowest BCUT2D eigenvalue weighted by Crippen LogP contribution is -2.53. The van der Waals surface area contributed by atoms with Gasteiger partial charge in [-0.05, 0) is 27.7 Å². The smallest absolute Gasteiger partial charge is 0.375 e. The number of carbonyl (C=O) groups excluding carboxylic acids is 2. The summed E-state index contributed by atoms with van der Waals surface area (Å²) < 4.78 is 15.2. The first-order valence-corrected chi connectivity index (χ1v) is 5.21. The second-order valence-corrected chi connectivity index (χ2v) is 4.00. The Kier molecular flexibility index (Phi) is 8.73. The Morgan fingerprint density at radius 2 is 1.35 bits per heavy atom. The Hall–Kier alpha value is -0.408. The SMILES string of the molecule is COC(=O)C(OC(C)C)(OC(C)C)C(C)=O.[AlH3]. The third-order valence-corrected chi connectivity index (χ3v) is 1.72. The molecule has 0 aliphatic rings. The van der Waals surface area contributed by atoms with Crippen molar-refractivity contribution in [2.24, 2.45) is 0 Å². The van der Waals surface area contributed by atoms with Crippen LogP contribution in [0.15, 0.2) is 0 Å². The predicted molar refractivity (Wildman–Crippen MR) is 67.8 cm³/mol. The van der Waals surface area contributed by atoms with Crippen molar-refractivity contribution in [2.45, 2.75) is 52.6 Å². The highest BCUT2D eigenvalue weighted by atomic mass is 27.0. The van der Waals surface area contributed by atoms with Crippen molar-refractivity contribution in [3.8, 4) is 0 Å². The molecule has 0 N–H and O–H groups in total. The molecule has 6 heteroatoms. The number of hydrogen-bond acceptors (Lipinski definition) is 5. The molecule has 0 saturated carbocycles. The van der Waals surface area contributed by atoms with Crippen LogP contribution in [0.25, 0.3) is 0 Å². The molecule has 0 radical (unpaired) electrons. The van der Waals surface area contributed by atoms with Crippen molar-refractivity contribution in [3.63, 3.8) is 0 Å². The van der Waals surface area contributed by atoms with E-state index < -0.39 is 17.5 Å². The second kappa shape index (κ2) is 7.83. The zero-order valence-electron chi connectivity index (χ0n) is 10.7. The molecule has 17 heavy (non-hydrogen) atoms. The molecule has 0 fully saturated rings. The number of hydrogen-bond donors (Lipinski definition) is 0. The maximum Gasteiger partial charge on any atom is 0.375 e. The first kappa shape index (κ1) is 18.9. The molecule has 0 heterocycles. The standard InChI is InChI=1S/C11H20O5.Al.3H/c1-7(2)15-11(9(5)12,10(13)14-6)16-8(3)4;;;;/h7-8H,1-6H3;;;;. The second-order valence-electron chi connectivity index (χ2n) is 4.00. The summed E-state index contributed by atoms with van der Waals surface area (Å²) in [5, 5.41) is 0. The summed E-state index contributed by atoms with van der Waals surface area (Å²) in [5.41, 5.74) is 0. The molecule has 0 aliphatic heterocycles. The monoisotopic (exact) mass is 262 g/mol. The van der Waals surface area contributed by atoms with E-state index in [-0.39, 0.29) is 29.6 Å². The molecule has 0 saturated heterocycles. The minimum Gasteiger partial charge on any atom is -0.465 e. The van der Waals surface area contributed by atoms with Gasteiger partial charge in [0.05, 0.1) is 19.3 Å². The number of carbonyl (C=O) groups is 2. The largest absolute Gasteiger partial charge is 0.465 e. The Balaban J connectivity index is 0. The van der Waals surface area contributed by atoms with E-state index in [0.717, 1.165) is 0 Å². The molecule has 0 atom stereocenters. The van der Waals surface area contributed by atoms with Crippen LogP contribution in [-0.2, 0) is 23.8 Å². The van der Waals surface area contributed by atoms with Gasteiger partial charge in [0.15, 0.2) is 17.4 Å². The normalized spacial score (nSPS) is 11.3. The zero-order valence-corrected chi connectivity index (χ0v) is 10.7. The van der Waals surface area contributed by atoms with Crippen LogP contribution in [0.4, 0.5) is 0 Å². The maximum atomic E-state index is 11.7. The van der Waals surface area contributed by atoms with E-state index in [1.165, 1.54) is 14.0 Å². The van der Waals surface area contributed by atoms with Gasteiger partial charge in [-0.25, -0.2) is 4.79 Å². The molecule has 0 bridgehead atoms. The fourth-order valence-corrected chi connectivity index (χ4v) is 1.23. The molecule has 0 rings (SSSR count). The number of esters is 1. The molecule has 0 spiro atoms. The zero-order chi connectivity index (χ0) is 12.9. The van der Waals surface area contributed by atoms with E-state index in [4.69, 9.17) is 9.47 Å². The molecular formula is C11H23AlO5. The average molecular weight is 262 g/mol. The third kappa shape index (κ3) is 5.18. The van der Waals surface area contributed by atoms with Gasteiger partial charge in [0, 0.05) is 6.92 Å². The summed E-state index contributed by atoms with van der Waals surface area (Å²) in [4.78, 5) is 23.2. The van der Waals surface area contributed by atoms with Crippen molar-refractivity contribution in [2.75, 3.05) is 7.11 Å². The van der Waals surface area contributed by atoms with Crippen molar-refractivity contribution in [3.05, 3.63) is 0 Å². The van der Waals surface area contributed by atoms with Crippen LogP contribution in [0.1, 0.15) is 34.6 Å². The first-order chi connectivity index (χ1) is 7.26. The van der Waals surface area contributed by atoms with Crippen LogP contribution < -0.4 is 0 Å². The lowest BCUT2D eigenvalue weighted by Gasteiger charge is -2.31. The molecular weight excluding hydrogens is 239 g/mol. The lowest BCUT2D eigenvalue weighted by atomic mass is 10.1. The van der Waals surface area contributed by atoms with Gasteiger partial charge in [0.25, 0.3) is 0 Å². The minimum absolute atomic E-state index is 0. The summed E-state index contributed by atoms with van der Waals surface area (Å²) in [6.45, 7) is 8.09. The Labute approximate surface area is 113 Å². The Bertz CT molecular complexity index is 253. The fraction of sp³-hybridized carbons (Fsp3) is 0.818. The van der Waals surface area contributed by atoms with Gasteiger partial charge in [0.1, 0.15) is 0 Å². The Morgan fingerprint density at radius 3 is 1.53 bits per heavy atom. The lowest BCUT2D eigenvalue weighted by molar-refractivity contribution is -0.257. The van der Waals surface area contributed by atoms with Crippen molar-refractivity contribution in [1.29, 1.82) is 0 Å². The molecule has 0 aromatic heterocycles. The van der Waals surface area contributed by atoms with Gasteiger partial charge in [0.2, 0.25) is 5.78 Å². The molecule has 0 aliphatic carbocycles. The highest BCUT2D eigenvalue weighted by Crippen LogP contribution is 2.21. The highest BCUT2D eigenvalue weighted by molar-refractivity contribution is 6.04. The van der Waals surface area contributed by atoms with E-state index in [1.54, 1.807) is 27.7 Å². The topological polar surface area (TPSA) is 61.8 Å². The number of rotatable bonds is 6. The number of ether oxygens (including phenoxy) is 3. The van der Waals surface area contributed by atoms with Crippen molar-refractivity contribution in [1.82, 2.24) is 0 Å². The molecule has 0 aromatic rings. The maximum absolute atomic E-state index is 11.7. The number of ketones is 1. The summed E-state index contributed by atoms with van der Waals surface area (Å²) in [7, 11) is 1.19. The van der Waals surface area contributed by atoms with E-state index >= 15 is 0 Å². The molecule has 0 amide bonds. The molecule has 0 aromatic carbocycles. The third-order valence-electron chi connectivity index (χ3n) is 1.72. The van der Waals surface area contributed by atoms with Gasteiger partial charge >= 0.3 is 11.8 Å². The van der Waals surface area contributed by atoms with Gasteiger partial charge in [-0.3, -0.25) is 4.79 Å². The summed E-state index contributed by atoms with van der Waals surface area (Å²) in [5.74, 6) is -3.30. The molecule has 100 valence electrons.